The molecule has 0 spiro atoms. The molecule has 0 amide bonds. The van der Waals surface area contributed by atoms with E-state index in [1.54, 1.807) is 0 Å². The maximum Gasteiger partial charge on any atom is 0.387 e. The van der Waals surface area contributed by atoms with Crippen molar-refractivity contribution in [2.45, 2.75) is 0 Å². The van der Waals surface area contributed by atoms with Crippen LogP contribution < -0.4 is 11.5 Å². The highest BCUT2D eigenvalue weighted by molar-refractivity contribution is 6.50. The van der Waals surface area contributed by atoms with Crippen molar-refractivity contribution in [3.05, 3.63) is 55.5 Å². The molecule has 7 nitrogen and oxygen atoms in total. The number of esters is 2. The smallest absolute Gasteiger partial charge is 0.387 e. The number of rotatable bonds is 4. The molecule has 0 radical (unpaired) electrons. The van der Waals surface area contributed by atoms with E-state index in [4.69, 9.17) is 57.9 Å². The zero-order valence-electron chi connectivity index (χ0n) is 13.0. The van der Waals surface area contributed by atoms with Crippen molar-refractivity contribution in [2.75, 3.05) is 11.5 Å². The number of hydrogen-bond donors (Lipinski definition) is 2. The van der Waals surface area contributed by atoms with Gasteiger partial charge in [0, 0.05) is 10.0 Å². The molecule has 11 heteroatoms. The van der Waals surface area contributed by atoms with Crippen molar-refractivity contribution >= 4 is 81.3 Å². The maximum atomic E-state index is 12.1. The summed E-state index contributed by atoms with van der Waals surface area (Å²) in [6, 6.07) is 4.63. The van der Waals surface area contributed by atoms with E-state index in [0.717, 1.165) is 12.1 Å². The Balaban J connectivity index is 2.24. The number of ketones is 2. The van der Waals surface area contributed by atoms with Gasteiger partial charge in [-0.3, -0.25) is 9.59 Å². The molecule has 2 aromatic rings. The average Bonchev–Trinajstić information content (AvgIpc) is 2.59. The predicted octanol–water partition coefficient (Wildman–Crippen LogP) is 3.60. The lowest BCUT2D eigenvalue weighted by Crippen LogP contribution is -2.27. The van der Waals surface area contributed by atoms with E-state index in [9.17, 15) is 19.2 Å². The summed E-state index contributed by atoms with van der Waals surface area (Å²) in [6.07, 6.45) is 0. The summed E-state index contributed by atoms with van der Waals surface area (Å²) < 4.78 is 4.29. The summed E-state index contributed by atoms with van der Waals surface area (Å²) in [6.45, 7) is 0. The predicted molar refractivity (Wildman–Crippen MR) is 102 cm³/mol. The van der Waals surface area contributed by atoms with Gasteiger partial charge < -0.3 is 16.2 Å². The normalized spacial score (nSPS) is 10.4. The third kappa shape index (κ3) is 4.51. The van der Waals surface area contributed by atoms with Crippen LogP contribution in [0.2, 0.25) is 20.1 Å². The number of Topliss-reactive ketones (excluding diaryl/α,β-unsaturated/α-hetero) is 2. The fraction of sp³-hybridized carbons (Fsp3) is 0. The van der Waals surface area contributed by atoms with E-state index in [1.807, 2.05) is 0 Å². The Bertz CT molecular complexity index is 927. The van der Waals surface area contributed by atoms with Crippen molar-refractivity contribution in [1.82, 2.24) is 0 Å². The molecule has 140 valence electrons. The average molecular weight is 450 g/mol. The molecule has 0 atom stereocenters. The molecule has 0 heterocycles. The number of carbonyl (C=O) groups is 4. The first kappa shape index (κ1) is 21.0. The van der Waals surface area contributed by atoms with Crippen LogP contribution in [0.4, 0.5) is 11.4 Å². The Labute approximate surface area is 172 Å². The standard InChI is InChI=1S/C16H8Cl4N2O5/c17-5-1-7(11(21)9(19)3-5)13(23)15(25)27-16(26)14(24)8-2-6(18)4-10(20)12(8)22/h1-4H,21-22H2. The fourth-order valence-corrected chi connectivity index (χ4v) is 2.93. The summed E-state index contributed by atoms with van der Waals surface area (Å²) in [4.78, 5) is 48.1. The highest BCUT2D eigenvalue weighted by Crippen LogP contribution is 2.29. The molecule has 2 rings (SSSR count). The minimum absolute atomic E-state index is 0.0223. The number of nitrogen functional groups attached to an aromatic ring is 2. The lowest BCUT2D eigenvalue weighted by atomic mass is 10.1. The van der Waals surface area contributed by atoms with Gasteiger partial charge in [0.15, 0.2) is 0 Å². The molecule has 0 aromatic heterocycles. The Morgan fingerprint density at radius 1 is 0.667 bits per heavy atom. The van der Waals surface area contributed by atoms with Gasteiger partial charge in [-0.2, -0.15) is 0 Å². The van der Waals surface area contributed by atoms with Crippen molar-refractivity contribution < 1.29 is 23.9 Å². The van der Waals surface area contributed by atoms with Crippen LogP contribution in [-0.4, -0.2) is 23.5 Å². The van der Waals surface area contributed by atoms with Crippen molar-refractivity contribution in [3.8, 4) is 0 Å². The molecule has 2 aromatic carbocycles. The number of hydrogen-bond acceptors (Lipinski definition) is 7. The summed E-state index contributed by atoms with van der Waals surface area (Å²) in [5.41, 5.74) is 9.96. The third-order valence-corrected chi connectivity index (χ3v) is 4.30. The van der Waals surface area contributed by atoms with Crippen LogP contribution in [0.3, 0.4) is 0 Å². The number of anilines is 2. The molecule has 0 aliphatic heterocycles. The molecular weight excluding hydrogens is 442 g/mol. The van der Waals surface area contributed by atoms with Gasteiger partial charge in [0.05, 0.1) is 32.5 Å². The topological polar surface area (TPSA) is 130 Å². The SMILES string of the molecule is Nc1c(Cl)cc(Cl)cc1C(=O)C(=O)OC(=O)C(=O)c1cc(Cl)cc(Cl)c1N. The second-order valence-corrected chi connectivity index (χ2v) is 6.72. The monoisotopic (exact) mass is 448 g/mol. The van der Waals surface area contributed by atoms with Gasteiger partial charge in [0.1, 0.15) is 0 Å². The van der Waals surface area contributed by atoms with Gasteiger partial charge >= 0.3 is 11.9 Å². The van der Waals surface area contributed by atoms with Crippen molar-refractivity contribution in [3.63, 3.8) is 0 Å². The molecule has 27 heavy (non-hydrogen) atoms. The zero-order valence-corrected chi connectivity index (χ0v) is 16.0. The van der Waals surface area contributed by atoms with Crippen LogP contribution in [0.1, 0.15) is 20.7 Å². The molecule has 4 N–H and O–H groups in total. The summed E-state index contributed by atoms with van der Waals surface area (Å²) in [5.74, 6) is -5.97. The van der Waals surface area contributed by atoms with Crippen LogP contribution >= 0.6 is 46.4 Å². The molecule has 0 fully saturated rings. The number of ether oxygens (including phenoxy) is 1. The summed E-state index contributed by atoms with van der Waals surface area (Å²) in [5, 5.41) is -0.118. The Kier molecular flexibility index (Phi) is 6.33. The highest BCUT2D eigenvalue weighted by atomic mass is 35.5. The van der Waals surface area contributed by atoms with E-state index in [-0.39, 0.29) is 42.6 Å². The molecule has 0 saturated heterocycles. The second-order valence-electron chi connectivity index (χ2n) is 5.03. The molecule has 0 aliphatic rings. The van der Waals surface area contributed by atoms with Gasteiger partial charge in [0.25, 0.3) is 11.6 Å². The molecule has 0 unspecified atom stereocenters. The van der Waals surface area contributed by atoms with Crippen molar-refractivity contribution in [1.29, 1.82) is 0 Å². The summed E-state index contributed by atoms with van der Waals surface area (Å²) in [7, 11) is 0. The first-order valence-electron chi connectivity index (χ1n) is 6.87. The van der Waals surface area contributed by atoms with E-state index < -0.39 is 23.5 Å². The van der Waals surface area contributed by atoms with E-state index in [1.165, 1.54) is 12.1 Å². The number of nitrogens with two attached hydrogens (primary N) is 2. The van der Waals surface area contributed by atoms with Crippen LogP contribution in [0.15, 0.2) is 24.3 Å². The number of benzene rings is 2. The van der Waals surface area contributed by atoms with Crippen molar-refractivity contribution in [2.24, 2.45) is 0 Å². The second kappa shape index (κ2) is 8.14. The quantitative estimate of drug-likeness (QED) is 0.239. The molecule has 0 aliphatic carbocycles. The lowest BCUT2D eigenvalue weighted by Gasteiger charge is -2.08. The third-order valence-electron chi connectivity index (χ3n) is 3.23. The van der Waals surface area contributed by atoms with Crippen LogP contribution in [0.5, 0.6) is 0 Å². The van der Waals surface area contributed by atoms with Gasteiger partial charge in [-0.05, 0) is 24.3 Å². The van der Waals surface area contributed by atoms with Gasteiger partial charge in [0.2, 0.25) is 0 Å². The van der Waals surface area contributed by atoms with E-state index in [0.29, 0.717) is 0 Å². The minimum atomic E-state index is -1.66. The van der Waals surface area contributed by atoms with Crippen LogP contribution in [-0.2, 0) is 14.3 Å². The number of carbonyl (C=O) groups excluding carboxylic acids is 4. The lowest BCUT2D eigenvalue weighted by molar-refractivity contribution is -0.152. The molecule has 0 bridgehead atoms. The molecular formula is C16H8Cl4N2O5. The zero-order chi connectivity index (χ0) is 20.5. The van der Waals surface area contributed by atoms with E-state index in [2.05, 4.69) is 4.74 Å². The highest BCUT2D eigenvalue weighted by Gasteiger charge is 2.29. The fourth-order valence-electron chi connectivity index (χ4n) is 1.94. The Morgan fingerprint density at radius 3 is 1.33 bits per heavy atom. The first-order chi connectivity index (χ1) is 12.5. The first-order valence-corrected chi connectivity index (χ1v) is 8.38. The largest absolute Gasteiger partial charge is 0.397 e. The Hall–Kier alpha value is -2.32. The van der Waals surface area contributed by atoms with Gasteiger partial charge in [-0.15, -0.1) is 0 Å². The van der Waals surface area contributed by atoms with E-state index >= 15 is 0 Å². The maximum absolute atomic E-state index is 12.1. The summed E-state index contributed by atoms with van der Waals surface area (Å²) >= 11 is 23.1. The van der Waals surface area contributed by atoms with Crippen LogP contribution in [0.25, 0.3) is 0 Å². The minimum Gasteiger partial charge on any atom is -0.397 e. The number of halogens is 4. The molecule has 0 saturated carbocycles. The Morgan fingerprint density at radius 2 is 1.00 bits per heavy atom. The van der Waals surface area contributed by atoms with Gasteiger partial charge in [-0.25, -0.2) is 9.59 Å². The van der Waals surface area contributed by atoms with Gasteiger partial charge in [-0.1, -0.05) is 46.4 Å². The van der Waals surface area contributed by atoms with Crippen LogP contribution in [0, 0.1) is 0 Å².